The first-order valence-corrected chi connectivity index (χ1v) is 13.5. The highest BCUT2D eigenvalue weighted by Crippen LogP contribution is 2.45. The SMILES string of the molecule is CC(C)(C)OC(=O)N[C@@H](COC(C)(C)C(F)(F)F)c1cn2ncc([C@H](NC(=O)CC3CC(F)(F)C3)C3CC3)cc2n1. The Balaban J connectivity index is 1.53. The van der Waals surface area contributed by atoms with Crippen molar-refractivity contribution in [3.63, 3.8) is 0 Å². The second-order valence-electron chi connectivity index (χ2n) is 12.5. The minimum absolute atomic E-state index is 0.0221. The Morgan fingerprint density at radius 3 is 2.34 bits per heavy atom. The molecule has 2 atom stereocenters. The molecule has 14 heteroatoms. The standard InChI is InChI=1S/C27H36F5N5O4/c1-24(2,3)41-23(39)35-19(14-40-25(4,5)27(30,31)32)18-13-37-20(34-18)9-17(12-33-37)22(16-6-7-16)36-21(38)8-15-10-26(28,29)11-15/h9,12-13,15-16,19,22H,6-8,10-11,14H2,1-5H3,(H,35,39)(H,36,38)/t19-,22+/m0/s1. The number of fused-ring (bicyclic) bond motifs is 1. The molecule has 2 amide bonds. The third-order valence-electron chi connectivity index (χ3n) is 7.12. The van der Waals surface area contributed by atoms with Crippen LogP contribution in [0.3, 0.4) is 0 Å². The second-order valence-corrected chi connectivity index (χ2v) is 12.5. The summed E-state index contributed by atoms with van der Waals surface area (Å²) in [5.74, 6) is -3.19. The van der Waals surface area contributed by atoms with Gasteiger partial charge in [-0.2, -0.15) is 18.3 Å². The smallest absolute Gasteiger partial charge is 0.416 e. The van der Waals surface area contributed by atoms with Crippen LogP contribution < -0.4 is 10.6 Å². The molecular weight excluding hydrogens is 553 g/mol. The number of hydrogen-bond acceptors (Lipinski definition) is 6. The number of nitrogens with one attached hydrogen (secondary N) is 2. The summed E-state index contributed by atoms with van der Waals surface area (Å²) in [6.07, 6.45) is -1.29. The van der Waals surface area contributed by atoms with Crippen LogP contribution in [0.1, 0.15) is 90.1 Å². The van der Waals surface area contributed by atoms with Crippen LogP contribution in [-0.2, 0) is 14.3 Å². The third kappa shape index (κ3) is 8.04. The maximum Gasteiger partial charge on any atom is 0.416 e. The topological polar surface area (TPSA) is 107 Å². The van der Waals surface area contributed by atoms with E-state index < -0.39 is 42.0 Å². The molecule has 2 fully saturated rings. The normalized spacial score (nSPS) is 19.4. The summed E-state index contributed by atoms with van der Waals surface area (Å²) < 4.78 is 78.5. The van der Waals surface area contributed by atoms with Crippen molar-refractivity contribution >= 4 is 17.6 Å². The monoisotopic (exact) mass is 589 g/mol. The predicted molar refractivity (Wildman–Crippen MR) is 137 cm³/mol. The molecule has 2 aliphatic carbocycles. The fourth-order valence-corrected chi connectivity index (χ4v) is 4.60. The predicted octanol–water partition coefficient (Wildman–Crippen LogP) is 5.66. The van der Waals surface area contributed by atoms with Gasteiger partial charge in [-0.3, -0.25) is 4.79 Å². The van der Waals surface area contributed by atoms with Crippen molar-refractivity contribution < 1.29 is 41.0 Å². The molecule has 2 aromatic heterocycles. The van der Waals surface area contributed by atoms with Crippen molar-refractivity contribution in [3.05, 3.63) is 29.7 Å². The van der Waals surface area contributed by atoms with E-state index in [9.17, 15) is 31.5 Å². The lowest BCUT2D eigenvalue weighted by Crippen LogP contribution is -2.44. The Morgan fingerprint density at radius 1 is 1.12 bits per heavy atom. The summed E-state index contributed by atoms with van der Waals surface area (Å²) in [5, 5.41) is 9.84. The van der Waals surface area contributed by atoms with Gasteiger partial charge in [0, 0.05) is 19.3 Å². The van der Waals surface area contributed by atoms with E-state index in [0.717, 1.165) is 26.7 Å². The first-order valence-electron chi connectivity index (χ1n) is 13.5. The highest BCUT2D eigenvalue weighted by atomic mass is 19.4. The Morgan fingerprint density at radius 2 is 1.78 bits per heavy atom. The van der Waals surface area contributed by atoms with Crippen LogP contribution in [0.25, 0.3) is 5.65 Å². The number of carbonyl (C=O) groups excluding carboxylic acids is 2. The molecule has 41 heavy (non-hydrogen) atoms. The van der Waals surface area contributed by atoms with Gasteiger partial charge in [-0.25, -0.2) is 23.1 Å². The molecule has 2 heterocycles. The van der Waals surface area contributed by atoms with Gasteiger partial charge in [0.1, 0.15) is 5.60 Å². The summed E-state index contributed by atoms with van der Waals surface area (Å²) in [6.45, 7) is 6.17. The first-order chi connectivity index (χ1) is 18.8. The highest BCUT2D eigenvalue weighted by Gasteiger charge is 2.49. The molecule has 0 radical (unpaired) electrons. The summed E-state index contributed by atoms with van der Waals surface area (Å²) in [4.78, 5) is 29.6. The Kier molecular flexibility index (Phi) is 8.29. The molecule has 228 valence electrons. The second kappa shape index (κ2) is 11.0. The number of alkyl halides is 5. The van der Waals surface area contributed by atoms with Gasteiger partial charge < -0.3 is 20.1 Å². The maximum absolute atomic E-state index is 13.4. The number of nitrogens with zero attached hydrogens (tertiary/aromatic N) is 3. The molecule has 4 rings (SSSR count). The number of rotatable bonds is 10. The van der Waals surface area contributed by atoms with E-state index in [2.05, 4.69) is 20.7 Å². The van der Waals surface area contributed by atoms with Crippen LogP contribution in [0.5, 0.6) is 0 Å². The van der Waals surface area contributed by atoms with E-state index in [1.54, 1.807) is 33.0 Å². The molecule has 2 aromatic rings. The largest absolute Gasteiger partial charge is 0.444 e. The quantitative estimate of drug-likeness (QED) is 0.347. The number of hydrogen-bond donors (Lipinski definition) is 2. The average molecular weight is 590 g/mol. The molecule has 0 aromatic carbocycles. The number of aromatic nitrogens is 3. The summed E-state index contributed by atoms with van der Waals surface area (Å²) in [6, 6.07) is 0.214. The number of carbonyl (C=O) groups is 2. The van der Waals surface area contributed by atoms with Crippen molar-refractivity contribution in [1.82, 2.24) is 25.2 Å². The van der Waals surface area contributed by atoms with Crippen molar-refractivity contribution in [3.8, 4) is 0 Å². The van der Waals surface area contributed by atoms with E-state index in [1.165, 1.54) is 10.7 Å². The first kappa shape index (κ1) is 30.9. The molecular formula is C27H36F5N5O4. The average Bonchev–Trinajstić information content (AvgIpc) is 3.54. The molecule has 2 aliphatic rings. The van der Waals surface area contributed by atoms with Gasteiger partial charge in [0.05, 0.1) is 36.8 Å². The van der Waals surface area contributed by atoms with E-state index >= 15 is 0 Å². The van der Waals surface area contributed by atoms with Crippen LogP contribution in [-0.4, -0.2) is 56.5 Å². The molecule has 0 aliphatic heterocycles. The zero-order chi connectivity index (χ0) is 30.4. The van der Waals surface area contributed by atoms with Crippen LogP contribution in [0.4, 0.5) is 26.7 Å². The van der Waals surface area contributed by atoms with E-state index in [1.807, 2.05) is 0 Å². The van der Waals surface area contributed by atoms with Gasteiger partial charge in [-0.15, -0.1) is 0 Å². The van der Waals surface area contributed by atoms with Crippen LogP contribution in [0, 0.1) is 11.8 Å². The Bertz CT molecular complexity index is 1260. The Hall–Kier alpha value is -3.03. The zero-order valence-electron chi connectivity index (χ0n) is 23.6. The van der Waals surface area contributed by atoms with Crippen molar-refractivity contribution in [2.75, 3.05) is 6.61 Å². The van der Waals surface area contributed by atoms with E-state index in [4.69, 9.17) is 9.47 Å². The lowest BCUT2D eigenvalue weighted by atomic mass is 9.79. The van der Waals surface area contributed by atoms with Crippen LogP contribution in [0.15, 0.2) is 18.5 Å². The molecule has 0 bridgehead atoms. The van der Waals surface area contributed by atoms with Gasteiger partial charge in [0.2, 0.25) is 11.8 Å². The zero-order valence-corrected chi connectivity index (χ0v) is 23.6. The highest BCUT2D eigenvalue weighted by molar-refractivity contribution is 5.77. The molecule has 9 nitrogen and oxygen atoms in total. The van der Waals surface area contributed by atoms with Gasteiger partial charge in [0.25, 0.3) is 0 Å². The lowest BCUT2D eigenvalue weighted by molar-refractivity contribution is -0.265. The van der Waals surface area contributed by atoms with Gasteiger partial charge in [-0.05, 0) is 70.9 Å². The Labute approximate surface area is 234 Å². The van der Waals surface area contributed by atoms with Crippen molar-refractivity contribution in [2.24, 2.45) is 11.8 Å². The minimum Gasteiger partial charge on any atom is -0.444 e. The fraction of sp³-hybridized carbons (Fsp3) is 0.704. The lowest BCUT2D eigenvalue weighted by Gasteiger charge is -2.34. The molecule has 0 unspecified atom stereocenters. The van der Waals surface area contributed by atoms with Gasteiger partial charge in [-0.1, -0.05) is 0 Å². The number of alkyl carbamates (subject to hydrolysis) is 1. The van der Waals surface area contributed by atoms with Gasteiger partial charge >= 0.3 is 12.3 Å². The summed E-state index contributed by atoms with van der Waals surface area (Å²) in [5.41, 5.74) is -2.15. The summed E-state index contributed by atoms with van der Waals surface area (Å²) in [7, 11) is 0. The number of halogens is 5. The maximum atomic E-state index is 13.4. The summed E-state index contributed by atoms with van der Waals surface area (Å²) >= 11 is 0. The van der Waals surface area contributed by atoms with Crippen molar-refractivity contribution in [1.29, 1.82) is 0 Å². The fourth-order valence-electron chi connectivity index (χ4n) is 4.60. The molecule has 2 N–H and O–H groups in total. The number of amides is 2. The third-order valence-corrected chi connectivity index (χ3v) is 7.12. The van der Waals surface area contributed by atoms with Crippen molar-refractivity contribution in [2.45, 2.75) is 102 Å². The van der Waals surface area contributed by atoms with Gasteiger partial charge in [0.15, 0.2) is 11.2 Å². The number of imidazole rings is 1. The number of ether oxygens (including phenoxy) is 2. The molecule has 2 saturated carbocycles. The van der Waals surface area contributed by atoms with E-state index in [0.29, 0.717) is 11.2 Å². The van der Waals surface area contributed by atoms with Crippen LogP contribution in [0.2, 0.25) is 0 Å². The van der Waals surface area contributed by atoms with E-state index in [-0.39, 0.29) is 48.7 Å². The van der Waals surface area contributed by atoms with Crippen LogP contribution >= 0.6 is 0 Å². The molecule has 0 saturated heterocycles. The molecule has 0 spiro atoms. The minimum atomic E-state index is -4.65.